The normalized spacial score (nSPS) is 18.8. The van der Waals surface area contributed by atoms with E-state index in [1.807, 2.05) is 31.2 Å². The van der Waals surface area contributed by atoms with Crippen molar-refractivity contribution in [2.24, 2.45) is 0 Å². The van der Waals surface area contributed by atoms with Crippen LogP contribution in [0.1, 0.15) is 25.7 Å². The maximum atomic E-state index is 9.95. The molecule has 1 N–H and O–H groups in total. The summed E-state index contributed by atoms with van der Waals surface area (Å²) in [6.07, 6.45) is 1.55. The molecule has 1 aromatic carbocycles. The van der Waals surface area contributed by atoms with Gasteiger partial charge in [0.2, 0.25) is 11.7 Å². The lowest BCUT2D eigenvalue weighted by molar-refractivity contribution is -0.00944. The van der Waals surface area contributed by atoms with Gasteiger partial charge in [-0.3, -0.25) is 4.90 Å². The smallest absolute Gasteiger partial charge is 0.241 e. The van der Waals surface area contributed by atoms with E-state index in [2.05, 4.69) is 31.0 Å². The second-order valence-corrected chi connectivity index (χ2v) is 6.71. The van der Waals surface area contributed by atoms with Gasteiger partial charge in [-0.25, -0.2) is 0 Å². The second kappa shape index (κ2) is 5.87. The SMILES string of the molecule is CC1(O)CCN(Cc2nc(-c3cccc(Br)c3)no2)CC1. The molecular formula is C15H18BrN3O2. The van der Waals surface area contributed by atoms with Crippen molar-refractivity contribution in [2.75, 3.05) is 13.1 Å². The minimum Gasteiger partial charge on any atom is -0.390 e. The Morgan fingerprint density at radius 1 is 1.38 bits per heavy atom. The van der Waals surface area contributed by atoms with Crippen LogP contribution in [0.3, 0.4) is 0 Å². The third kappa shape index (κ3) is 3.70. The fraction of sp³-hybridized carbons (Fsp3) is 0.467. The van der Waals surface area contributed by atoms with E-state index in [1.165, 1.54) is 0 Å². The number of piperidine rings is 1. The molecule has 2 heterocycles. The Hall–Kier alpha value is -1.24. The maximum Gasteiger partial charge on any atom is 0.241 e. The van der Waals surface area contributed by atoms with Gasteiger partial charge in [0, 0.05) is 23.1 Å². The van der Waals surface area contributed by atoms with Crippen LogP contribution in [0.2, 0.25) is 0 Å². The molecule has 0 amide bonds. The lowest BCUT2D eigenvalue weighted by Gasteiger charge is -2.34. The van der Waals surface area contributed by atoms with Gasteiger partial charge in [-0.1, -0.05) is 33.2 Å². The van der Waals surface area contributed by atoms with Gasteiger partial charge >= 0.3 is 0 Å². The summed E-state index contributed by atoms with van der Waals surface area (Å²) in [7, 11) is 0. The highest BCUT2D eigenvalue weighted by Gasteiger charge is 2.28. The predicted octanol–water partition coefficient (Wildman–Crippen LogP) is 2.85. The minimum absolute atomic E-state index is 0.535. The van der Waals surface area contributed by atoms with Crippen molar-refractivity contribution >= 4 is 15.9 Å². The summed E-state index contributed by atoms with van der Waals surface area (Å²) in [6.45, 7) is 4.22. The second-order valence-electron chi connectivity index (χ2n) is 5.80. The van der Waals surface area contributed by atoms with Crippen LogP contribution in [0.5, 0.6) is 0 Å². The molecule has 0 bridgehead atoms. The Balaban J connectivity index is 1.66. The van der Waals surface area contributed by atoms with Crippen LogP contribution in [0.4, 0.5) is 0 Å². The van der Waals surface area contributed by atoms with Gasteiger partial charge < -0.3 is 9.63 Å². The number of hydrogen-bond acceptors (Lipinski definition) is 5. The van der Waals surface area contributed by atoms with E-state index >= 15 is 0 Å². The number of nitrogens with zero attached hydrogens (tertiary/aromatic N) is 3. The first-order chi connectivity index (χ1) is 10.0. The van der Waals surface area contributed by atoms with Gasteiger partial charge in [0.1, 0.15) is 0 Å². The molecule has 1 saturated heterocycles. The Morgan fingerprint density at radius 2 is 2.14 bits per heavy atom. The van der Waals surface area contributed by atoms with Crippen molar-refractivity contribution in [3.8, 4) is 11.4 Å². The first kappa shape index (κ1) is 14.7. The van der Waals surface area contributed by atoms with Gasteiger partial charge in [-0.2, -0.15) is 4.98 Å². The molecule has 0 unspecified atom stereocenters. The van der Waals surface area contributed by atoms with Crippen molar-refractivity contribution in [1.29, 1.82) is 0 Å². The summed E-state index contributed by atoms with van der Waals surface area (Å²) in [5.41, 5.74) is 0.397. The van der Waals surface area contributed by atoms with Gasteiger partial charge in [0.15, 0.2) is 0 Å². The number of benzene rings is 1. The van der Waals surface area contributed by atoms with E-state index in [-0.39, 0.29) is 0 Å². The highest BCUT2D eigenvalue weighted by atomic mass is 79.9. The number of likely N-dealkylation sites (tertiary alicyclic amines) is 1. The summed E-state index contributed by atoms with van der Waals surface area (Å²) in [6, 6.07) is 7.83. The Morgan fingerprint density at radius 3 is 2.86 bits per heavy atom. The summed E-state index contributed by atoms with van der Waals surface area (Å²) >= 11 is 3.44. The summed E-state index contributed by atoms with van der Waals surface area (Å²) in [5, 5.41) is 14.0. The zero-order chi connectivity index (χ0) is 14.9. The molecule has 1 aliphatic rings. The van der Waals surface area contributed by atoms with Crippen LogP contribution in [0.25, 0.3) is 11.4 Å². The van der Waals surface area contributed by atoms with Crippen molar-refractivity contribution < 1.29 is 9.63 Å². The molecule has 0 radical (unpaired) electrons. The van der Waals surface area contributed by atoms with Gasteiger partial charge in [0.25, 0.3) is 0 Å². The topological polar surface area (TPSA) is 62.4 Å². The Labute approximate surface area is 132 Å². The molecule has 0 aliphatic carbocycles. The van der Waals surface area contributed by atoms with Crippen LogP contribution < -0.4 is 0 Å². The zero-order valence-corrected chi connectivity index (χ0v) is 13.5. The summed E-state index contributed by atoms with van der Waals surface area (Å²) in [4.78, 5) is 6.68. The van der Waals surface area contributed by atoms with E-state index in [1.54, 1.807) is 0 Å². The van der Waals surface area contributed by atoms with E-state index < -0.39 is 5.60 Å². The molecule has 0 atom stereocenters. The standard InChI is InChI=1S/C15H18BrN3O2/c1-15(20)5-7-19(8-6-15)10-13-17-14(18-21-13)11-3-2-4-12(16)9-11/h2-4,9,20H,5-8,10H2,1H3. The largest absolute Gasteiger partial charge is 0.390 e. The quantitative estimate of drug-likeness (QED) is 0.920. The molecule has 6 heteroatoms. The average Bonchev–Trinajstić information content (AvgIpc) is 2.90. The monoisotopic (exact) mass is 351 g/mol. The number of aromatic nitrogens is 2. The van der Waals surface area contributed by atoms with Crippen molar-refractivity contribution in [1.82, 2.24) is 15.0 Å². The first-order valence-electron chi connectivity index (χ1n) is 7.05. The maximum absolute atomic E-state index is 9.95. The number of hydrogen-bond donors (Lipinski definition) is 1. The lowest BCUT2D eigenvalue weighted by atomic mass is 9.94. The van der Waals surface area contributed by atoms with E-state index in [9.17, 15) is 5.11 Å². The van der Waals surface area contributed by atoms with E-state index in [4.69, 9.17) is 4.52 Å². The van der Waals surface area contributed by atoms with Crippen LogP contribution in [0, 0.1) is 0 Å². The van der Waals surface area contributed by atoms with Gasteiger partial charge in [0.05, 0.1) is 12.1 Å². The Kier molecular flexibility index (Phi) is 4.10. The van der Waals surface area contributed by atoms with Crippen molar-refractivity contribution in [2.45, 2.75) is 31.9 Å². The zero-order valence-electron chi connectivity index (χ0n) is 11.9. The molecule has 1 aromatic heterocycles. The third-order valence-electron chi connectivity index (χ3n) is 3.84. The lowest BCUT2D eigenvalue weighted by Crippen LogP contribution is -2.42. The van der Waals surface area contributed by atoms with Crippen molar-refractivity contribution in [3.05, 3.63) is 34.6 Å². The molecule has 1 fully saturated rings. The highest BCUT2D eigenvalue weighted by Crippen LogP contribution is 2.23. The van der Waals surface area contributed by atoms with Gasteiger partial charge in [-0.15, -0.1) is 0 Å². The van der Waals surface area contributed by atoms with E-state index in [0.29, 0.717) is 18.3 Å². The molecule has 3 rings (SSSR count). The van der Waals surface area contributed by atoms with Gasteiger partial charge in [-0.05, 0) is 31.9 Å². The number of aliphatic hydroxyl groups is 1. The molecule has 0 saturated carbocycles. The molecule has 2 aromatic rings. The molecular weight excluding hydrogens is 334 g/mol. The third-order valence-corrected chi connectivity index (χ3v) is 4.34. The van der Waals surface area contributed by atoms with Crippen LogP contribution >= 0.6 is 15.9 Å². The fourth-order valence-corrected chi connectivity index (χ4v) is 2.85. The minimum atomic E-state index is -0.535. The van der Waals surface area contributed by atoms with Crippen LogP contribution in [-0.4, -0.2) is 38.8 Å². The number of halogens is 1. The van der Waals surface area contributed by atoms with Crippen LogP contribution in [-0.2, 0) is 6.54 Å². The predicted molar refractivity (Wildman–Crippen MR) is 82.6 cm³/mol. The molecule has 21 heavy (non-hydrogen) atoms. The molecule has 112 valence electrons. The molecule has 1 aliphatic heterocycles. The van der Waals surface area contributed by atoms with E-state index in [0.717, 1.165) is 36.0 Å². The first-order valence-corrected chi connectivity index (χ1v) is 7.84. The summed E-state index contributed by atoms with van der Waals surface area (Å²) in [5.74, 6) is 1.22. The molecule has 5 nitrogen and oxygen atoms in total. The molecule has 0 spiro atoms. The fourth-order valence-electron chi connectivity index (χ4n) is 2.45. The number of rotatable bonds is 3. The highest BCUT2D eigenvalue weighted by molar-refractivity contribution is 9.10. The van der Waals surface area contributed by atoms with Crippen LogP contribution in [0.15, 0.2) is 33.3 Å². The van der Waals surface area contributed by atoms with Crippen molar-refractivity contribution in [3.63, 3.8) is 0 Å². The Bertz CT molecular complexity index is 617. The summed E-state index contributed by atoms with van der Waals surface area (Å²) < 4.78 is 6.32. The average molecular weight is 352 g/mol.